The molecule has 2 N–H and O–H groups in total. The lowest BCUT2D eigenvalue weighted by Gasteiger charge is -2.10. The molecule has 1 aromatic carbocycles. The lowest BCUT2D eigenvalue weighted by Crippen LogP contribution is -2.23. The molecule has 2 rings (SSSR count). The van der Waals surface area contributed by atoms with E-state index in [0.717, 1.165) is 24.3 Å². The highest BCUT2D eigenvalue weighted by molar-refractivity contribution is 5.94. The Balaban J connectivity index is 2.00. The first-order valence-electron chi connectivity index (χ1n) is 7.34. The predicted molar refractivity (Wildman–Crippen MR) is 87.2 cm³/mol. The van der Waals surface area contributed by atoms with Crippen LogP contribution < -0.4 is 15.4 Å². The van der Waals surface area contributed by atoms with Crippen LogP contribution in [0.1, 0.15) is 29.3 Å². The average molecular weight is 299 g/mol. The Kier molecular flexibility index (Phi) is 5.77. The zero-order valence-electron chi connectivity index (χ0n) is 12.9. The maximum atomic E-state index is 12.2. The Morgan fingerprint density at radius 1 is 1.27 bits per heavy atom. The minimum Gasteiger partial charge on any atom is -0.496 e. The van der Waals surface area contributed by atoms with E-state index in [0.29, 0.717) is 17.9 Å². The van der Waals surface area contributed by atoms with E-state index >= 15 is 0 Å². The van der Waals surface area contributed by atoms with Crippen molar-refractivity contribution in [3.05, 3.63) is 53.7 Å². The molecule has 1 amide bonds. The van der Waals surface area contributed by atoms with Crippen LogP contribution in [0.5, 0.6) is 5.75 Å². The SMILES string of the molecule is CCCNc1cc(C(=O)NCc2ccccc2OC)ccn1. The van der Waals surface area contributed by atoms with Gasteiger partial charge in [0.2, 0.25) is 0 Å². The molecule has 1 heterocycles. The molecule has 0 saturated heterocycles. The molecule has 5 heteroatoms. The number of nitrogens with one attached hydrogen (secondary N) is 2. The van der Waals surface area contributed by atoms with Gasteiger partial charge in [0.1, 0.15) is 11.6 Å². The fourth-order valence-electron chi connectivity index (χ4n) is 2.05. The van der Waals surface area contributed by atoms with Gasteiger partial charge in [0.15, 0.2) is 0 Å². The lowest BCUT2D eigenvalue weighted by atomic mass is 10.2. The van der Waals surface area contributed by atoms with Gasteiger partial charge in [-0.05, 0) is 24.6 Å². The van der Waals surface area contributed by atoms with Crippen molar-refractivity contribution in [1.29, 1.82) is 0 Å². The zero-order valence-corrected chi connectivity index (χ0v) is 12.9. The van der Waals surface area contributed by atoms with Gasteiger partial charge in [-0.2, -0.15) is 0 Å². The van der Waals surface area contributed by atoms with E-state index in [1.165, 1.54) is 0 Å². The first kappa shape index (κ1) is 15.8. The van der Waals surface area contributed by atoms with Crippen molar-refractivity contribution < 1.29 is 9.53 Å². The molecule has 2 aromatic rings. The standard InChI is InChI=1S/C17H21N3O2/c1-3-9-18-16-11-13(8-10-19-16)17(21)20-12-14-6-4-5-7-15(14)22-2/h4-8,10-11H,3,9,12H2,1-2H3,(H,18,19)(H,20,21). The van der Waals surface area contributed by atoms with E-state index in [2.05, 4.69) is 22.5 Å². The number of carbonyl (C=O) groups excluding carboxylic acids is 1. The third-order valence-electron chi connectivity index (χ3n) is 3.21. The number of carbonyl (C=O) groups is 1. The Morgan fingerprint density at radius 2 is 2.09 bits per heavy atom. The van der Waals surface area contributed by atoms with Crippen LogP contribution in [0.25, 0.3) is 0 Å². The molecule has 0 aliphatic rings. The summed E-state index contributed by atoms with van der Waals surface area (Å²) < 4.78 is 5.28. The van der Waals surface area contributed by atoms with Crippen molar-refractivity contribution >= 4 is 11.7 Å². The van der Waals surface area contributed by atoms with Crippen molar-refractivity contribution in [2.45, 2.75) is 19.9 Å². The summed E-state index contributed by atoms with van der Waals surface area (Å²) in [6.45, 7) is 3.33. The third-order valence-corrected chi connectivity index (χ3v) is 3.21. The van der Waals surface area contributed by atoms with E-state index in [1.54, 1.807) is 25.4 Å². The molecule has 1 aromatic heterocycles. The van der Waals surface area contributed by atoms with Crippen LogP contribution in [0.3, 0.4) is 0 Å². The third kappa shape index (κ3) is 4.22. The van der Waals surface area contributed by atoms with Crippen LogP contribution in [-0.4, -0.2) is 24.5 Å². The summed E-state index contributed by atoms with van der Waals surface area (Å²) in [5, 5.41) is 6.07. The van der Waals surface area contributed by atoms with Crippen molar-refractivity contribution in [3.63, 3.8) is 0 Å². The molecule has 116 valence electrons. The highest BCUT2D eigenvalue weighted by atomic mass is 16.5. The number of pyridine rings is 1. The summed E-state index contributed by atoms with van der Waals surface area (Å²) >= 11 is 0. The van der Waals surface area contributed by atoms with Crippen LogP contribution in [0, 0.1) is 0 Å². The molecule has 0 atom stereocenters. The van der Waals surface area contributed by atoms with Crippen LogP contribution in [-0.2, 0) is 6.54 Å². The van der Waals surface area contributed by atoms with Gasteiger partial charge in [0.05, 0.1) is 7.11 Å². The summed E-state index contributed by atoms with van der Waals surface area (Å²) in [6.07, 6.45) is 2.64. The van der Waals surface area contributed by atoms with Gasteiger partial charge in [0.25, 0.3) is 5.91 Å². The minimum atomic E-state index is -0.132. The largest absolute Gasteiger partial charge is 0.496 e. The topological polar surface area (TPSA) is 63.2 Å². The van der Waals surface area contributed by atoms with Gasteiger partial charge in [-0.3, -0.25) is 4.79 Å². The van der Waals surface area contributed by atoms with Crippen LogP contribution in [0.4, 0.5) is 5.82 Å². The fourth-order valence-corrected chi connectivity index (χ4v) is 2.05. The Bertz CT molecular complexity index is 629. The highest BCUT2D eigenvalue weighted by Crippen LogP contribution is 2.17. The van der Waals surface area contributed by atoms with Crippen molar-refractivity contribution in [2.24, 2.45) is 0 Å². The average Bonchev–Trinajstić information content (AvgIpc) is 2.58. The molecule has 0 fully saturated rings. The molecule has 0 bridgehead atoms. The summed E-state index contributed by atoms with van der Waals surface area (Å²) in [5.74, 6) is 1.35. The van der Waals surface area contributed by atoms with E-state index in [1.807, 2.05) is 24.3 Å². The quantitative estimate of drug-likeness (QED) is 0.825. The molecule has 0 unspecified atom stereocenters. The number of methoxy groups -OCH3 is 1. The maximum absolute atomic E-state index is 12.2. The highest BCUT2D eigenvalue weighted by Gasteiger charge is 2.08. The van der Waals surface area contributed by atoms with Crippen LogP contribution in [0.2, 0.25) is 0 Å². The number of hydrogen-bond acceptors (Lipinski definition) is 4. The number of ether oxygens (including phenoxy) is 1. The second kappa shape index (κ2) is 8.02. The number of anilines is 1. The summed E-state index contributed by atoms with van der Waals surface area (Å²) in [5.41, 5.74) is 1.53. The van der Waals surface area contributed by atoms with Crippen LogP contribution >= 0.6 is 0 Å². The first-order chi connectivity index (χ1) is 10.7. The second-order valence-electron chi connectivity index (χ2n) is 4.85. The Labute approximate surface area is 130 Å². The van der Waals surface area contributed by atoms with E-state index in [-0.39, 0.29) is 5.91 Å². The number of para-hydroxylation sites is 1. The monoisotopic (exact) mass is 299 g/mol. The minimum absolute atomic E-state index is 0.132. The van der Waals surface area contributed by atoms with Gasteiger partial charge in [-0.15, -0.1) is 0 Å². The molecule has 0 aliphatic carbocycles. The zero-order chi connectivity index (χ0) is 15.8. The van der Waals surface area contributed by atoms with E-state index in [9.17, 15) is 4.79 Å². The fraction of sp³-hybridized carbons (Fsp3) is 0.294. The van der Waals surface area contributed by atoms with Crippen molar-refractivity contribution in [1.82, 2.24) is 10.3 Å². The molecule has 0 spiro atoms. The normalized spacial score (nSPS) is 10.1. The van der Waals surface area contributed by atoms with Gasteiger partial charge in [0, 0.05) is 30.4 Å². The molecular formula is C17H21N3O2. The molecule has 0 radical (unpaired) electrons. The molecule has 0 saturated carbocycles. The number of hydrogen-bond donors (Lipinski definition) is 2. The second-order valence-corrected chi connectivity index (χ2v) is 4.85. The van der Waals surface area contributed by atoms with Gasteiger partial charge in [-0.1, -0.05) is 25.1 Å². The lowest BCUT2D eigenvalue weighted by molar-refractivity contribution is 0.0950. The number of benzene rings is 1. The van der Waals surface area contributed by atoms with Gasteiger partial charge < -0.3 is 15.4 Å². The van der Waals surface area contributed by atoms with Gasteiger partial charge in [-0.25, -0.2) is 4.98 Å². The number of nitrogens with zero attached hydrogens (tertiary/aromatic N) is 1. The van der Waals surface area contributed by atoms with Crippen LogP contribution in [0.15, 0.2) is 42.6 Å². The predicted octanol–water partition coefficient (Wildman–Crippen LogP) is 2.84. The van der Waals surface area contributed by atoms with E-state index < -0.39 is 0 Å². The number of rotatable bonds is 7. The number of aromatic nitrogens is 1. The number of amides is 1. The molecule has 5 nitrogen and oxygen atoms in total. The van der Waals surface area contributed by atoms with Crippen molar-refractivity contribution in [2.75, 3.05) is 19.0 Å². The molecular weight excluding hydrogens is 278 g/mol. The van der Waals surface area contributed by atoms with E-state index in [4.69, 9.17) is 4.74 Å². The van der Waals surface area contributed by atoms with Crippen molar-refractivity contribution in [3.8, 4) is 5.75 Å². The Hall–Kier alpha value is -2.56. The maximum Gasteiger partial charge on any atom is 0.251 e. The van der Waals surface area contributed by atoms with Gasteiger partial charge >= 0.3 is 0 Å². The summed E-state index contributed by atoms with van der Waals surface area (Å²) in [4.78, 5) is 16.4. The summed E-state index contributed by atoms with van der Waals surface area (Å²) in [6, 6.07) is 11.1. The molecule has 0 aliphatic heterocycles. The smallest absolute Gasteiger partial charge is 0.251 e. The Morgan fingerprint density at radius 3 is 2.86 bits per heavy atom. The first-order valence-corrected chi connectivity index (χ1v) is 7.34. The molecule has 22 heavy (non-hydrogen) atoms. The summed E-state index contributed by atoms with van der Waals surface area (Å²) in [7, 11) is 1.62.